The van der Waals surface area contributed by atoms with E-state index in [-0.39, 0.29) is 0 Å². The first-order valence-corrected chi connectivity index (χ1v) is 4.89. The Morgan fingerprint density at radius 3 is 2.75 bits per heavy atom. The van der Waals surface area contributed by atoms with Crippen molar-refractivity contribution in [3.05, 3.63) is 17.5 Å². The molecular formula is C10H18N2. The lowest BCUT2D eigenvalue weighted by atomic mass is 10.1. The summed E-state index contributed by atoms with van der Waals surface area (Å²) in [7, 11) is 0. The Balaban J connectivity index is 2.51. The van der Waals surface area contributed by atoms with Gasteiger partial charge in [0.05, 0.1) is 6.20 Å². The smallest absolute Gasteiger partial charge is 0.0522 e. The molecule has 12 heavy (non-hydrogen) atoms. The molecule has 0 amide bonds. The van der Waals surface area contributed by atoms with Crippen LogP contribution in [0.1, 0.15) is 44.4 Å². The largest absolute Gasteiger partial charge is 0.282 e. The normalized spacial score (nSPS) is 10.5. The molecule has 0 unspecified atom stereocenters. The molecule has 1 aromatic heterocycles. The van der Waals surface area contributed by atoms with E-state index in [1.54, 1.807) is 0 Å². The number of nitrogens with one attached hydrogen (secondary N) is 1. The molecule has 0 aliphatic heterocycles. The summed E-state index contributed by atoms with van der Waals surface area (Å²) in [5.41, 5.74) is 2.75. The number of H-pyrrole nitrogens is 1. The van der Waals surface area contributed by atoms with Crippen molar-refractivity contribution in [2.24, 2.45) is 0 Å². The van der Waals surface area contributed by atoms with Gasteiger partial charge in [-0.1, -0.05) is 26.7 Å². The fourth-order valence-electron chi connectivity index (χ4n) is 1.39. The lowest BCUT2D eigenvalue weighted by Crippen LogP contribution is -1.91. The van der Waals surface area contributed by atoms with E-state index >= 15 is 0 Å². The Morgan fingerprint density at radius 2 is 2.08 bits per heavy atom. The summed E-state index contributed by atoms with van der Waals surface area (Å²) in [4.78, 5) is 0. The van der Waals surface area contributed by atoms with Gasteiger partial charge in [-0.2, -0.15) is 5.10 Å². The molecule has 0 aliphatic rings. The molecule has 0 atom stereocenters. The molecule has 0 aliphatic carbocycles. The molecular weight excluding hydrogens is 148 g/mol. The van der Waals surface area contributed by atoms with Gasteiger partial charge < -0.3 is 0 Å². The summed E-state index contributed by atoms with van der Waals surface area (Å²) in [6, 6.07) is 0. The first-order valence-electron chi connectivity index (χ1n) is 4.89. The molecule has 0 saturated carbocycles. The molecule has 0 spiro atoms. The van der Waals surface area contributed by atoms with E-state index < -0.39 is 0 Å². The van der Waals surface area contributed by atoms with E-state index in [9.17, 15) is 0 Å². The Kier molecular flexibility index (Phi) is 3.85. The van der Waals surface area contributed by atoms with E-state index in [4.69, 9.17) is 0 Å². The fraction of sp³-hybridized carbons (Fsp3) is 0.700. The van der Waals surface area contributed by atoms with Crippen molar-refractivity contribution in [3.63, 3.8) is 0 Å². The molecule has 2 nitrogen and oxygen atoms in total. The second kappa shape index (κ2) is 4.96. The molecule has 1 rings (SSSR count). The first-order chi connectivity index (χ1) is 5.88. The summed E-state index contributed by atoms with van der Waals surface area (Å²) >= 11 is 0. The number of aromatic amines is 1. The molecule has 2 heteroatoms. The lowest BCUT2D eigenvalue weighted by Gasteiger charge is -1.99. The van der Waals surface area contributed by atoms with Crippen molar-refractivity contribution < 1.29 is 0 Å². The monoisotopic (exact) mass is 166 g/mol. The van der Waals surface area contributed by atoms with E-state index in [0.29, 0.717) is 0 Å². The average molecular weight is 166 g/mol. The third-order valence-electron chi connectivity index (χ3n) is 2.11. The molecule has 1 aromatic rings. The maximum atomic E-state index is 4.07. The van der Waals surface area contributed by atoms with Crippen molar-refractivity contribution in [2.45, 2.75) is 46.0 Å². The Morgan fingerprint density at radius 1 is 1.25 bits per heavy atom. The lowest BCUT2D eigenvalue weighted by molar-refractivity contribution is 0.760. The summed E-state index contributed by atoms with van der Waals surface area (Å²) < 4.78 is 0. The quantitative estimate of drug-likeness (QED) is 0.715. The van der Waals surface area contributed by atoms with Crippen LogP contribution in [-0.4, -0.2) is 10.2 Å². The minimum Gasteiger partial charge on any atom is -0.282 e. The number of rotatable bonds is 5. The van der Waals surface area contributed by atoms with Crippen molar-refractivity contribution in [1.29, 1.82) is 0 Å². The highest BCUT2D eigenvalue weighted by atomic mass is 15.1. The zero-order valence-corrected chi connectivity index (χ0v) is 8.06. The predicted octanol–water partition coefficient (Wildman–Crippen LogP) is 2.70. The van der Waals surface area contributed by atoms with Gasteiger partial charge >= 0.3 is 0 Å². The molecule has 0 bridgehead atoms. The second-order valence-electron chi connectivity index (χ2n) is 3.23. The van der Waals surface area contributed by atoms with Gasteiger partial charge in [0.25, 0.3) is 0 Å². The van der Waals surface area contributed by atoms with Crippen LogP contribution in [0, 0.1) is 0 Å². The zero-order valence-electron chi connectivity index (χ0n) is 8.06. The average Bonchev–Trinajstić information content (AvgIpc) is 2.50. The van der Waals surface area contributed by atoms with Gasteiger partial charge in [0.2, 0.25) is 0 Å². The molecule has 0 aromatic carbocycles. The topological polar surface area (TPSA) is 28.7 Å². The predicted molar refractivity (Wildman–Crippen MR) is 51.2 cm³/mol. The van der Waals surface area contributed by atoms with Gasteiger partial charge in [0.1, 0.15) is 0 Å². The minimum atomic E-state index is 1.16. The third kappa shape index (κ3) is 2.36. The molecule has 0 radical (unpaired) electrons. The summed E-state index contributed by atoms with van der Waals surface area (Å²) in [5, 5.41) is 7.14. The van der Waals surface area contributed by atoms with E-state index in [0.717, 1.165) is 12.8 Å². The highest BCUT2D eigenvalue weighted by Crippen LogP contribution is 2.10. The SMILES string of the molecule is CCCCc1[nH]ncc1CCC. The first kappa shape index (κ1) is 9.30. The maximum Gasteiger partial charge on any atom is 0.0522 e. The summed E-state index contributed by atoms with van der Waals surface area (Å²) in [5.74, 6) is 0. The van der Waals surface area contributed by atoms with Crippen LogP contribution >= 0.6 is 0 Å². The molecule has 1 heterocycles. The van der Waals surface area contributed by atoms with Crippen molar-refractivity contribution in [3.8, 4) is 0 Å². The number of hydrogen-bond donors (Lipinski definition) is 1. The molecule has 0 fully saturated rings. The Bertz CT molecular complexity index is 215. The summed E-state index contributed by atoms with van der Waals surface area (Å²) in [6.07, 6.45) is 8.01. The van der Waals surface area contributed by atoms with Crippen LogP contribution in [0.2, 0.25) is 0 Å². The number of hydrogen-bond acceptors (Lipinski definition) is 1. The van der Waals surface area contributed by atoms with Crippen molar-refractivity contribution >= 4 is 0 Å². The summed E-state index contributed by atoms with van der Waals surface area (Å²) in [6.45, 7) is 4.42. The third-order valence-corrected chi connectivity index (χ3v) is 2.11. The number of nitrogens with zero attached hydrogens (tertiary/aromatic N) is 1. The van der Waals surface area contributed by atoms with Crippen LogP contribution in [0.3, 0.4) is 0 Å². The van der Waals surface area contributed by atoms with Crippen LogP contribution < -0.4 is 0 Å². The van der Waals surface area contributed by atoms with Crippen LogP contribution in [0.25, 0.3) is 0 Å². The van der Waals surface area contributed by atoms with Crippen molar-refractivity contribution in [1.82, 2.24) is 10.2 Å². The maximum absolute atomic E-state index is 4.07. The van der Waals surface area contributed by atoms with Crippen molar-refractivity contribution in [2.75, 3.05) is 0 Å². The van der Waals surface area contributed by atoms with Gasteiger partial charge in [-0.3, -0.25) is 5.10 Å². The van der Waals surface area contributed by atoms with Crippen LogP contribution in [0.5, 0.6) is 0 Å². The zero-order chi connectivity index (χ0) is 8.81. The second-order valence-corrected chi connectivity index (χ2v) is 3.23. The molecule has 1 N–H and O–H groups in total. The fourth-order valence-corrected chi connectivity index (χ4v) is 1.39. The highest BCUT2D eigenvalue weighted by molar-refractivity contribution is 5.16. The van der Waals surface area contributed by atoms with Gasteiger partial charge in [0.15, 0.2) is 0 Å². The minimum absolute atomic E-state index is 1.16. The highest BCUT2D eigenvalue weighted by Gasteiger charge is 2.02. The van der Waals surface area contributed by atoms with E-state index in [1.807, 2.05) is 6.20 Å². The van der Waals surface area contributed by atoms with E-state index in [2.05, 4.69) is 24.0 Å². The number of unbranched alkanes of at least 4 members (excludes halogenated alkanes) is 1. The number of aromatic nitrogens is 2. The van der Waals surface area contributed by atoms with Gasteiger partial charge in [-0.15, -0.1) is 0 Å². The standard InChI is InChI=1S/C10H18N2/c1-3-5-7-10-9(6-4-2)8-11-12-10/h8H,3-7H2,1-2H3,(H,11,12). The molecule has 0 saturated heterocycles. The van der Waals surface area contributed by atoms with Gasteiger partial charge in [0, 0.05) is 5.69 Å². The Hall–Kier alpha value is -0.790. The molecule has 68 valence electrons. The van der Waals surface area contributed by atoms with Crippen LogP contribution in [-0.2, 0) is 12.8 Å². The number of aryl methyl sites for hydroxylation is 2. The van der Waals surface area contributed by atoms with Crippen LogP contribution in [0.4, 0.5) is 0 Å². The van der Waals surface area contributed by atoms with Gasteiger partial charge in [-0.25, -0.2) is 0 Å². The van der Waals surface area contributed by atoms with E-state index in [1.165, 1.54) is 30.5 Å². The Labute approximate surface area is 74.4 Å². The van der Waals surface area contributed by atoms with Crippen LogP contribution in [0.15, 0.2) is 6.20 Å². The van der Waals surface area contributed by atoms with Gasteiger partial charge in [-0.05, 0) is 24.8 Å².